The number of para-hydroxylation sites is 2. The number of hydrogen-bond acceptors (Lipinski definition) is 3. The molecule has 122 valence electrons. The van der Waals surface area contributed by atoms with E-state index in [9.17, 15) is 4.57 Å². The van der Waals surface area contributed by atoms with E-state index in [1.807, 2.05) is 30.3 Å². The summed E-state index contributed by atoms with van der Waals surface area (Å²) in [6, 6.07) is 26.9. The summed E-state index contributed by atoms with van der Waals surface area (Å²) in [7, 11) is -3.71. The Labute approximate surface area is 146 Å². The highest BCUT2D eigenvalue weighted by Gasteiger charge is 2.39. The first-order chi connectivity index (χ1) is 11.7. The molecule has 0 bridgehead atoms. The van der Waals surface area contributed by atoms with Crippen molar-refractivity contribution in [2.75, 3.05) is 0 Å². The summed E-state index contributed by atoms with van der Waals surface area (Å²) in [5, 5.41) is -0.931. The van der Waals surface area contributed by atoms with Crippen LogP contribution in [0.15, 0.2) is 91.0 Å². The molecule has 0 spiro atoms. The van der Waals surface area contributed by atoms with Crippen LogP contribution in [-0.4, -0.2) is 0 Å². The van der Waals surface area contributed by atoms with Gasteiger partial charge in [0.05, 0.1) is 0 Å². The van der Waals surface area contributed by atoms with E-state index in [1.165, 1.54) is 0 Å². The number of benzene rings is 3. The zero-order valence-electron chi connectivity index (χ0n) is 12.8. The second-order valence-electron chi connectivity index (χ2n) is 5.09. The summed E-state index contributed by atoms with van der Waals surface area (Å²) >= 11 is 6.50. The normalized spacial score (nSPS) is 12.4. The van der Waals surface area contributed by atoms with Crippen LogP contribution in [0.5, 0.6) is 11.5 Å². The number of alkyl halides is 1. The molecule has 5 heteroatoms. The summed E-state index contributed by atoms with van der Waals surface area (Å²) in [6.45, 7) is 0. The molecule has 3 aromatic carbocycles. The molecule has 0 radical (unpaired) electrons. The molecule has 0 aliphatic heterocycles. The van der Waals surface area contributed by atoms with Gasteiger partial charge in [-0.1, -0.05) is 66.7 Å². The first-order valence-electron chi connectivity index (χ1n) is 7.45. The van der Waals surface area contributed by atoms with Crippen LogP contribution >= 0.6 is 19.2 Å². The van der Waals surface area contributed by atoms with Gasteiger partial charge in [0.15, 0.2) is 5.12 Å². The monoisotopic (exact) mass is 358 g/mol. The summed E-state index contributed by atoms with van der Waals surface area (Å²) < 4.78 is 24.9. The number of rotatable bonds is 6. The second-order valence-corrected chi connectivity index (χ2v) is 7.80. The van der Waals surface area contributed by atoms with Gasteiger partial charge in [-0.15, -0.1) is 11.6 Å². The van der Waals surface area contributed by atoms with Crippen molar-refractivity contribution in [3.63, 3.8) is 0 Å². The summed E-state index contributed by atoms with van der Waals surface area (Å²) in [5.41, 5.74) is 0.675. The third-order valence-electron chi connectivity index (χ3n) is 3.30. The molecule has 1 atom stereocenters. The van der Waals surface area contributed by atoms with Crippen LogP contribution in [0.4, 0.5) is 0 Å². The summed E-state index contributed by atoms with van der Waals surface area (Å²) in [4.78, 5) is 0. The van der Waals surface area contributed by atoms with Gasteiger partial charge in [-0.05, 0) is 29.8 Å². The molecule has 0 saturated heterocycles. The molecular formula is C19H16ClO3P. The molecule has 0 heterocycles. The third kappa shape index (κ3) is 4.00. The van der Waals surface area contributed by atoms with Gasteiger partial charge >= 0.3 is 7.60 Å². The van der Waals surface area contributed by atoms with Crippen LogP contribution < -0.4 is 9.05 Å². The predicted octanol–water partition coefficient (Wildman–Crippen LogP) is 6.28. The summed E-state index contributed by atoms with van der Waals surface area (Å²) in [5.74, 6) is 0.886. The van der Waals surface area contributed by atoms with E-state index in [0.29, 0.717) is 17.1 Å². The van der Waals surface area contributed by atoms with Crippen molar-refractivity contribution in [1.82, 2.24) is 0 Å². The predicted molar refractivity (Wildman–Crippen MR) is 96.8 cm³/mol. The van der Waals surface area contributed by atoms with Crippen molar-refractivity contribution >= 4 is 19.2 Å². The highest BCUT2D eigenvalue weighted by Crippen LogP contribution is 2.62. The standard InChI is InChI=1S/C19H16ClO3P/c20-19(16-10-4-1-5-11-16)24(21,22-17-12-6-2-7-13-17)23-18-14-8-3-9-15-18/h1-15,19H/t19-/m0/s1. The molecule has 24 heavy (non-hydrogen) atoms. The van der Waals surface area contributed by atoms with Crippen LogP contribution in [0.3, 0.4) is 0 Å². The highest BCUT2D eigenvalue weighted by atomic mass is 35.5. The zero-order valence-corrected chi connectivity index (χ0v) is 14.4. The molecule has 3 rings (SSSR count). The van der Waals surface area contributed by atoms with Crippen molar-refractivity contribution < 1.29 is 13.6 Å². The molecule has 0 N–H and O–H groups in total. The zero-order chi connectivity index (χ0) is 16.8. The fourth-order valence-corrected chi connectivity index (χ4v) is 4.14. The van der Waals surface area contributed by atoms with Crippen molar-refractivity contribution in [3.8, 4) is 11.5 Å². The first kappa shape index (κ1) is 16.6. The molecule has 3 nitrogen and oxygen atoms in total. The van der Waals surface area contributed by atoms with E-state index in [-0.39, 0.29) is 0 Å². The Kier molecular flexibility index (Phi) is 5.24. The quantitative estimate of drug-likeness (QED) is 0.384. The summed E-state index contributed by atoms with van der Waals surface area (Å²) in [6.07, 6.45) is 0. The van der Waals surface area contributed by atoms with Crippen LogP contribution in [-0.2, 0) is 4.57 Å². The largest absolute Gasteiger partial charge is 0.452 e. The maximum Gasteiger partial charge on any atom is 0.452 e. The van der Waals surface area contributed by atoms with Gasteiger partial charge < -0.3 is 9.05 Å². The first-order valence-corrected chi connectivity index (χ1v) is 9.50. The van der Waals surface area contributed by atoms with E-state index in [1.54, 1.807) is 60.7 Å². The van der Waals surface area contributed by atoms with Crippen molar-refractivity contribution in [2.45, 2.75) is 5.12 Å². The minimum Gasteiger partial charge on any atom is -0.415 e. The Bertz CT molecular complexity index is 764. The van der Waals surface area contributed by atoms with Crippen LogP contribution in [0.25, 0.3) is 0 Å². The fourth-order valence-electron chi connectivity index (χ4n) is 2.16. The second kappa shape index (κ2) is 7.57. The Morgan fingerprint density at radius 1 is 0.667 bits per heavy atom. The molecule has 0 fully saturated rings. The maximum absolute atomic E-state index is 13.5. The van der Waals surface area contributed by atoms with Gasteiger partial charge in [-0.3, -0.25) is 0 Å². The van der Waals surface area contributed by atoms with E-state index in [2.05, 4.69) is 0 Å². The van der Waals surface area contributed by atoms with Crippen LogP contribution in [0, 0.1) is 0 Å². The fraction of sp³-hybridized carbons (Fsp3) is 0.0526. The lowest BCUT2D eigenvalue weighted by atomic mass is 10.2. The van der Waals surface area contributed by atoms with Gasteiger partial charge in [0, 0.05) is 0 Å². The van der Waals surface area contributed by atoms with Crippen LogP contribution in [0.1, 0.15) is 10.7 Å². The topological polar surface area (TPSA) is 35.5 Å². The lowest BCUT2D eigenvalue weighted by Gasteiger charge is -2.24. The lowest BCUT2D eigenvalue weighted by molar-refractivity contribution is 0.383. The third-order valence-corrected chi connectivity index (χ3v) is 6.06. The highest BCUT2D eigenvalue weighted by molar-refractivity contribution is 7.56. The molecule has 0 aliphatic rings. The van der Waals surface area contributed by atoms with E-state index in [4.69, 9.17) is 20.6 Å². The number of halogens is 1. The molecule has 0 aliphatic carbocycles. The van der Waals surface area contributed by atoms with Gasteiger partial charge in [0.25, 0.3) is 0 Å². The average molecular weight is 359 g/mol. The van der Waals surface area contributed by atoms with E-state index >= 15 is 0 Å². The molecular weight excluding hydrogens is 343 g/mol. The Morgan fingerprint density at radius 2 is 1.04 bits per heavy atom. The van der Waals surface area contributed by atoms with Crippen molar-refractivity contribution in [2.24, 2.45) is 0 Å². The molecule has 0 aromatic heterocycles. The lowest BCUT2D eigenvalue weighted by Crippen LogP contribution is -2.07. The molecule has 0 saturated carbocycles. The Morgan fingerprint density at radius 3 is 1.46 bits per heavy atom. The Balaban J connectivity index is 1.95. The van der Waals surface area contributed by atoms with E-state index in [0.717, 1.165) is 0 Å². The SMILES string of the molecule is O=P(Oc1ccccc1)(Oc1ccccc1)[C@H](Cl)c1ccccc1. The van der Waals surface area contributed by atoms with Gasteiger partial charge in [-0.2, -0.15) is 0 Å². The maximum atomic E-state index is 13.5. The molecule has 3 aromatic rings. The van der Waals surface area contributed by atoms with E-state index < -0.39 is 12.7 Å². The minimum atomic E-state index is -3.71. The average Bonchev–Trinajstić information content (AvgIpc) is 2.63. The van der Waals surface area contributed by atoms with Gasteiger partial charge in [-0.25, -0.2) is 4.57 Å². The van der Waals surface area contributed by atoms with Crippen molar-refractivity contribution in [1.29, 1.82) is 0 Å². The van der Waals surface area contributed by atoms with Gasteiger partial charge in [0.1, 0.15) is 11.5 Å². The minimum absolute atomic E-state index is 0.443. The Hall–Kier alpha value is -2.22. The number of hydrogen-bond donors (Lipinski definition) is 0. The van der Waals surface area contributed by atoms with Crippen molar-refractivity contribution in [3.05, 3.63) is 96.6 Å². The smallest absolute Gasteiger partial charge is 0.415 e. The van der Waals surface area contributed by atoms with Gasteiger partial charge in [0.2, 0.25) is 0 Å². The molecule has 0 amide bonds. The molecule has 0 unspecified atom stereocenters. The van der Waals surface area contributed by atoms with Crippen LogP contribution in [0.2, 0.25) is 0 Å².